The third kappa shape index (κ3) is 3.56. The molecule has 0 aromatic heterocycles. The van der Waals surface area contributed by atoms with Crippen LogP contribution in [0.4, 0.5) is 8.78 Å². The van der Waals surface area contributed by atoms with Crippen molar-refractivity contribution in [3.63, 3.8) is 0 Å². The van der Waals surface area contributed by atoms with Crippen molar-refractivity contribution < 1.29 is 13.5 Å². The largest absolute Gasteiger partial charge is 0.433 e. The predicted octanol–water partition coefficient (Wildman–Crippen LogP) is 3.41. The predicted molar refractivity (Wildman–Crippen MR) is 51.6 cm³/mol. The maximum atomic E-state index is 12.4. The molecule has 0 heterocycles. The van der Waals surface area contributed by atoms with Crippen molar-refractivity contribution in [1.29, 1.82) is 0 Å². The summed E-state index contributed by atoms with van der Waals surface area (Å²) in [4.78, 5) is 0. The summed E-state index contributed by atoms with van der Waals surface area (Å²) in [5, 5.41) is 0. The van der Waals surface area contributed by atoms with Crippen LogP contribution >= 0.6 is 0 Å². The molecule has 14 heavy (non-hydrogen) atoms. The number of ether oxygens (including phenoxy) is 1. The molecule has 0 bridgehead atoms. The normalized spacial score (nSPS) is 11.1. The van der Waals surface area contributed by atoms with Crippen molar-refractivity contribution in [1.82, 2.24) is 0 Å². The molecule has 1 rings (SSSR count). The number of hydrogen-bond donors (Lipinski definition) is 0. The van der Waals surface area contributed by atoms with E-state index in [1.165, 1.54) is 12.1 Å². The summed E-state index contributed by atoms with van der Waals surface area (Å²) in [5.41, 5.74) is 1.02. The summed E-state index contributed by atoms with van der Waals surface area (Å²) < 4.78 is 29.2. The Labute approximate surface area is 82.0 Å². The summed E-state index contributed by atoms with van der Waals surface area (Å²) >= 11 is 0. The molecular formula is C11H12F2O. The van der Waals surface area contributed by atoms with E-state index in [1.807, 2.05) is 0 Å². The maximum Gasteiger partial charge on any atom is 0.394 e. The van der Waals surface area contributed by atoms with Gasteiger partial charge in [0.05, 0.1) is 0 Å². The fraction of sp³-hybridized carbons (Fsp3) is 0.273. The molecule has 76 valence electrons. The third-order valence-electron chi connectivity index (χ3n) is 1.60. The van der Waals surface area contributed by atoms with Gasteiger partial charge in [-0.15, -0.1) is 6.58 Å². The minimum absolute atomic E-state index is 0.172. The van der Waals surface area contributed by atoms with Crippen LogP contribution in [0.15, 0.2) is 36.9 Å². The number of rotatable bonds is 4. The first-order valence-electron chi connectivity index (χ1n) is 4.28. The van der Waals surface area contributed by atoms with E-state index in [1.54, 1.807) is 18.2 Å². The van der Waals surface area contributed by atoms with E-state index in [4.69, 9.17) is 0 Å². The monoisotopic (exact) mass is 198 g/mol. The summed E-state index contributed by atoms with van der Waals surface area (Å²) in [6, 6.07) is 6.53. The smallest absolute Gasteiger partial charge is 0.394 e. The number of allylic oxidation sites excluding steroid dienone is 1. The molecule has 0 atom stereocenters. The fourth-order valence-electron chi connectivity index (χ4n) is 1.07. The molecule has 1 nitrogen and oxygen atoms in total. The van der Waals surface area contributed by atoms with Crippen molar-refractivity contribution in [3.05, 3.63) is 42.5 Å². The molecule has 0 unspecified atom stereocenters. The van der Waals surface area contributed by atoms with Gasteiger partial charge in [0.2, 0.25) is 0 Å². The third-order valence-corrected chi connectivity index (χ3v) is 1.60. The summed E-state index contributed by atoms with van der Waals surface area (Å²) in [5.74, 6) is 0.172. The van der Waals surface area contributed by atoms with Gasteiger partial charge < -0.3 is 4.74 Å². The average Bonchev–Trinajstić information content (AvgIpc) is 2.06. The zero-order valence-corrected chi connectivity index (χ0v) is 7.97. The van der Waals surface area contributed by atoms with Crippen LogP contribution in [0.3, 0.4) is 0 Å². The van der Waals surface area contributed by atoms with E-state index < -0.39 is 6.11 Å². The van der Waals surface area contributed by atoms with Crippen LogP contribution in [-0.4, -0.2) is 6.11 Å². The summed E-state index contributed by atoms with van der Waals surface area (Å²) in [7, 11) is 0. The lowest BCUT2D eigenvalue weighted by molar-refractivity contribution is -0.158. The number of halogens is 2. The minimum Gasteiger partial charge on any atom is -0.433 e. The van der Waals surface area contributed by atoms with Gasteiger partial charge in [-0.3, -0.25) is 0 Å². The van der Waals surface area contributed by atoms with Crippen molar-refractivity contribution in [2.24, 2.45) is 0 Å². The van der Waals surface area contributed by atoms with Gasteiger partial charge in [-0.25, -0.2) is 0 Å². The van der Waals surface area contributed by atoms with Crippen LogP contribution < -0.4 is 4.74 Å². The Balaban J connectivity index is 2.68. The van der Waals surface area contributed by atoms with Gasteiger partial charge in [0, 0.05) is 6.92 Å². The molecule has 0 spiro atoms. The molecule has 0 saturated heterocycles. The highest BCUT2D eigenvalue weighted by Crippen LogP contribution is 2.21. The lowest BCUT2D eigenvalue weighted by atomic mass is 10.1. The zero-order valence-electron chi connectivity index (χ0n) is 7.97. The molecule has 1 aromatic carbocycles. The quantitative estimate of drug-likeness (QED) is 0.673. The molecule has 0 radical (unpaired) electrons. The van der Waals surface area contributed by atoms with E-state index in [0.29, 0.717) is 6.92 Å². The Hall–Kier alpha value is -1.38. The first-order valence-corrected chi connectivity index (χ1v) is 4.28. The molecule has 0 aliphatic heterocycles. The van der Waals surface area contributed by atoms with Gasteiger partial charge in [-0.05, 0) is 24.1 Å². The molecular weight excluding hydrogens is 186 g/mol. The van der Waals surface area contributed by atoms with E-state index in [9.17, 15) is 8.78 Å². The molecule has 0 amide bonds. The van der Waals surface area contributed by atoms with Gasteiger partial charge in [-0.1, -0.05) is 18.2 Å². The van der Waals surface area contributed by atoms with Crippen molar-refractivity contribution in [3.8, 4) is 5.75 Å². The number of hydrogen-bond acceptors (Lipinski definition) is 1. The van der Waals surface area contributed by atoms with Gasteiger partial charge in [-0.2, -0.15) is 8.78 Å². The topological polar surface area (TPSA) is 9.23 Å². The van der Waals surface area contributed by atoms with Crippen LogP contribution in [-0.2, 0) is 6.42 Å². The van der Waals surface area contributed by atoms with E-state index in [0.717, 1.165) is 12.0 Å². The molecule has 0 aliphatic carbocycles. The second-order valence-corrected chi connectivity index (χ2v) is 3.05. The van der Waals surface area contributed by atoms with Gasteiger partial charge >= 0.3 is 6.11 Å². The van der Waals surface area contributed by atoms with Crippen LogP contribution in [0.25, 0.3) is 0 Å². The molecule has 1 aromatic rings. The summed E-state index contributed by atoms with van der Waals surface area (Å²) in [6.45, 7) is 4.30. The molecule has 0 saturated carbocycles. The molecule has 3 heteroatoms. The van der Waals surface area contributed by atoms with Crippen LogP contribution in [0.1, 0.15) is 12.5 Å². The number of benzene rings is 1. The van der Waals surface area contributed by atoms with Crippen molar-refractivity contribution in [2.75, 3.05) is 0 Å². The lowest BCUT2D eigenvalue weighted by Crippen LogP contribution is -2.18. The fourth-order valence-corrected chi connectivity index (χ4v) is 1.07. The van der Waals surface area contributed by atoms with Crippen LogP contribution in [0.5, 0.6) is 5.75 Å². The maximum absolute atomic E-state index is 12.4. The Morgan fingerprint density at radius 1 is 1.36 bits per heavy atom. The van der Waals surface area contributed by atoms with Gasteiger partial charge in [0.25, 0.3) is 0 Å². The molecule has 0 aliphatic rings. The highest BCUT2D eigenvalue weighted by Gasteiger charge is 2.22. The standard InChI is InChI=1S/C11H12F2O/c1-3-4-9-5-7-10(8-6-9)14-11(2,12)13/h3,5-8H,1,4H2,2H3. The van der Waals surface area contributed by atoms with E-state index >= 15 is 0 Å². The lowest BCUT2D eigenvalue weighted by Gasteiger charge is -2.12. The van der Waals surface area contributed by atoms with Crippen LogP contribution in [0.2, 0.25) is 0 Å². The van der Waals surface area contributed by atoms with Crippen molar-refractivity contribution >= 4 is 0 Å². The first kappa shape index (κ1) is 10.7. The summed E-state index contributed by atoms with van der Waals surface area (Å²) in [6.07, 6.45) is -0.646. The second-order valence-electron chi connectivity index (χ2n) is 3.05. The molecule has 0 fully saturated rings. The highest BCUT2D eigenvalue weighted by molar-refractivity contribution is 5.28. The highest BCUT2D eigenvalue weighted by atomic mass is 19.3. The van der Waals surface area contributed by atoms with E-state index in [2.05, 4.69) is 11.3 Å². The van der Waals surface area contributed by atoms with Crippen LogP contribution in [0, 0.1) is 0 Å². The second kappa shape index (κ2) is 4.22. The first-order chi connectivity index (χ1) is 6.51. The Kier molecular flexibility index (Phi) is 3.23. The SMILES string of the molecule is C=CCc1ccc(OC(C)(F)F)cc1. The Bertz CT molecular complexity index is 298. The van der Waals surface area contributed by atoms with Crippen molar-refractivity contribution in [2.45, 2.75) is 19.5 Å². The Morgan fingerprint density at radius 2 is 1.93 bits per heavy atom. The number of alkyl halides is 2. The molecule has 0 N–H and O–H groups in total. The van der Waals surface area contributed by atoms with Gasteiger partial charge in [0.1, 0.15) is 5.75 Å². The Morgan fingerprint density at radius 3 is 2.36 bits per heavy atom. The average molecular weight is 198 g/mol. The van der Waals surface area contributed by atoms with Gasteiger partial charge in [0.15, 0.2) is 0 Å². The van der Waals surface area contributed by atoms with E-state index in [-0.39, 0.29) is 5.75 Å². The zero-order chi connectivity index (χ0) is 10.6. The minimum atomic E-state index is -3.13.